The molecular formula is C10H13NO4S4. The number of rotatable bonds is 5. The molecule has 9 heteroatoms. The van der Waals surface area contributed by atoms with E-state index in [0.29, 0.717) is 6.54 Å². The lowest BCUT2D eigenvalue weighted by Crippen LogP contribution is -2.33. The summed E-state index contributed by atoms with van der Waals surface area (Å²) in [5, 5.41) is 10.4. The monoisotopic (exact) mass is 339 g/mol. The van der Waals surface area contributed by atoms with Crippen molar-refractivity contribution in [1.29, 1.82) is 0 Å². The van der Waals surface area contributed by atoms with Gasteiger partial charge in [0, 0.05) is 34.4 Å². The van der Waals surface area contributed by atoms with E-state index in [1.807, 2.05) is 11.8 Å². The maximum absolute atomic E-state index is 12.0. The van der Waals surface area contributed by atoms with Crippen molar-refractivity contribution in [3.05, 3.63) is 16.3 Å². The number of nitrogens with one attached hydrogen (secondary N) is 1. The minimum Gasteiger partial charge on any atom is -0.477 e. The van der Waals surface area contributed by atoms with Crippen molar-refractivity contribution in [3.8, 4) is 0 Å². The normalized spacial score (nSPS) is 20.3. The van der Waals surface area contributed by atoms with Crippen LogP contribution in [0.5, 0.6) is 0 Å². The Morgan fingerprint density at radius 1 is 1.47 bits per heavy atom. The van der Waals surface area contributed by atoms with Gasteiger partial charge in [0.25, 0.3) is 0 Å². The van der Waals surface area contributed by atoms with Crippen molar-refractivity contribution in [1.82, 2.24) is 4.72 Å². The molecule has 0 saturated carbocycles. The zero-order chi connectivity index (χ0) is 13.9. The third-order valence-electron chi connectivity index (χ3n) is 2.48. The Bertz CT molecular complexity index is 548. The second-order valence-corrected chi connectivity index (χ2v) is 9.11. The van der Waals surface area contributed by atoms with E-state index in [1.54, 1.807) is 11.8 Å². The third-order valence-corrected chi connectivity index (χ3v) is 7.80. The van der Waals surface area contributed by atoms with E-state index in [2.05, 4.69) is 4.72 Å². The Morgan fingerprint density at radius 2 is 2.26 bits per heavy atom. The summed E-state index contributed by atoms with van der Waals surface area (Å²) in [6.45, 7) is 0.387. The standard InChI is InChI=1S/C10H13NO4S4/c12-10(13)9-3-8(6-18-9)19(14,15)11-4-7-5-16-1-2-17-7/h3,6-7,11H,1-2,4-5H2,(H,12,13). The van der Waals surface area contributed by atoms with Crippen LogP contribution in [0, 0.1) is 0 Å². The lowest BCUT2D eigenvalue weighted by Gasteiger charge is -2.20. The van der Waals surface area contributed by atoms with Gasteiger partial charge in [-0.15, -0.1) is 11.3 Å². The van der Waals surface area contributed by atoms with Crippen LogP contribution in [0.15, 0.2) is 16.3 Å². The average molecular weight is 339 g/mol. The molecule has 1 fully saturated rings. The molecule has 2 heterocycles. The summed E-state index contributed by atoms with van der Waals surface area (Å²) in [4.78, 5) is 10.8. The molecule has 1 aromatic rings. The molecule has 0 radical (unpaired) electrons. The molecule has 1 saturated heterocycles. The zero-order valence-electron chi connectivity index (χ0n) is 9.87. The number of sulfonamides is 1. The number of thiophene rings is 1. The predicted molar refractivity (Wildman–Crippen MR) is 80.0 cm³/mol. The van der Waals surface area contributed by atoms with Crippen LogP contribution < -0.4 is 4.72 Å². The van der Waals surface area contributed by atoms with Gasteiger partial charge in [-0.3, -0.25) is 0 Å². The number of hydrogen-bond donors (Lipinski definition) is 2. The van der Waals surface area contributed by atoms with E-state index in [9.17, 15) is 13.2 Å². The van der Waals surface area contributed by atoms with Gasteiger partial charge in [-0.25, -0.2) is 17.9 Å². The van der Waals surface area contributed by atoms with Gasteiger partial charge >= 0.3 is 5.97 Å². The summed E-state index contributed by atoms with van der Waals surface area (Å²) in [6, 6.07) is 1.19. The van der Waals surface area contributed by atoms with Crippen LogP contribution in [0.4, 0.5) is 0 Å². The quantitative estimate of drug-likeness (QED) is 0.847. The lowest BCUT2D eigenvalue weighted by molar-refractivity contribution is 0.0702. The lowest BCUT2D eigenvalue weighted by atomic mass is 10.5. The number of carboxylic acids is 1. The van der Waals surface area contributed by atoms with Gasteiger partial charge in [-0.2, -0.15) is 23.5 Å². The van der Waals surface area contributed by atoms with Crippen LogP contribution in [-0.4, -0.2) is 48.5 Å². The van der Waals surface area contributed by atoms with E-state index < -0.39 is 16.0 Å². The van der Waals surface area contributed by atoms with Crippen LogP contribution in [0.2, 0.25) is 0 Å². The highest BCUT2D eigenvalue weighted by Gasteiger charge is 2.21. The summed E-state index contributed by atoms with van der Waals surface area (Å²) in [5.74, 6) is 1.99. The van der Waals surface area contributed by atoms with E-state index in [0.717, 1.165) is 28.6 Å². The third kappa shape index (κ3) is 4.12. The summed E-state index contributed by atoms with van der Waals surface area (Å²) in [5.41, 5.74) is 0. The van der Waals surface area contributed by atoms with E-state index in [4.69, 9.17) is 5.11 Å². The van der Waals surface area contributed by atoms with E-state index in [-0.39, 0.29) is 15.0 Å². The van der Waals surface area contributed by atoms with Crippen molar-refractivity contribution in [2.45, 2.75) is 10.1 Å². The minimum atomic E-state index is -3.60. The minimum absolute atomic E-state index is 0.0305. The van der Waals surface area contributed by atoms with E-state index >= 15 is 0 Å². The maximum Gasteiger partial charge on any atom is 0.345 e. The van der Waals surface area contributed by atoms with Crippen molar-refractivity contribution in [2.75, 3.05) is 23.8 Å². The molecule has 1 aliphatic rings. The number of hydrogen-bond acceptors (Lipinski definition) is 6. The van der Waals surface area contributed by atoms with Gasteiger partial charge in [-0.05, 0) is 6.07 Å². The van der Waals surface area contributed by atoms with Crippen molar-refractivity contribution in [2.24, 2.45) is 0 Å². The molecule has 19 heavy (non-hydrogen) atoms. The zero-order valence-corrected chi connectivity index (χ0v) is 13.1. The molecule has 5 nitrogen and oxygen atoms in total. The maximum atomic E-state index is 12.0. The second kappa shape index (κ2) is 6.49. The first-order valence-electron chi connectivity index (χ1n) is 5.50. The molecule has 0 aliphatic carbocycles. The molecule has 1 unspecified atom stereocenters. The number of thioether (sulfide) groups is 2. The van der Waals surface area contributed by atoms with Gasteiger partial charge < -0.3 is 5.11 Å². The fourth-order valence-corrected chi connectivity index (χ4v) is 6.42. The van der Waals surface area contributed by atoms with Crippen molar-refractivity contribution < 1.29 is 18.3 Å². The fraction of sp³-hybridized carbons (Fsp3) is 0.500. The van der Waals surface area contributed by atoms with Crippen molar-refractivity contribution in [3.63, 3.8) is 0 Å². The molecule has 106 valence electrons. The highest BCUT2D eigenvalue weighted by Crippen LogP contribution is 2.24. The molecule has 1 aliphatic heterocycles. The van der Waals surface area contributed by atoms with Gasteiger partial charge in [-0.1, -0.05) is 0 Å². The first kappa shape index (κ1) is 15.2. The number of carboxylic acid groups (broad SMARTS) is 1. The Balaban J connectivity index is 1.98. The summed E-state index contributed by atoms with van der Waals surface area (Å²) in [6.07, 6.45) is 0. The largest absolute Gasteiger partial charge is 0.477 e. The van der Waals surface area contributed by atoms with Gasteiger partial charge in [0.2, 0.25) is 10.0 Å². The van der Waals surface area contributed by atoms with Crippen LogP contribution in [0.3, 0.4) is 0 Å². The van der Waals surface area contributed by atoms with Gasteiger partial charge in [0.1, 0.15) is 4.88 Å². The van der Waals surface area contributed by atoms with Gasteiger partial charge in [0.05, 0.1) is 4.90 Å². The molecular weight excluding hydrogens is 326 g/mol. The molecule has 2 N–H and O–H groups in total. The number of carbonyl (C=O) groups is 1. The van der Waals surface area contributed by atoms with Crippen LogP contribution in [0.1, 0.15) is 9.67 Å². The SMILES string of the molecule is O=C(O)c1cc(S(=O)(=O)NCC2CSCCS2)cs1. The Kier molecular flexibility index (Phi) is 5.18. The Morgan fingerprint density at radius 3 is 2.84 bits per heavy atom. The fourth-order valence-electron chi connectivity index (χ4n) is 1.51. The first-order chi connectivity index (χ1) is 8.99. The highest BCUT2D eigenvalue weighted by atomic mass is 32.2. The molecule has 0 bridgehead atoms. The smallest absolute Gasteiger partial charge is 0.345 e. The average Bonchev–Trinajstić information content (AvgIpc) is 2.88. The Labute approximate surface area is 124 Å². The Hall–Kier alpha value is -0.220. The van der Waals surface area contributed by atoms with Crippen LogP contribution in [0.25, 0.3) is 0 Å². The molecule has 1 aromatic heterocycles. The topological polar surface area (TPSA) is 83.5 Å². The predicted octanol–water partition coefficient (Wildman–Crippen LogP) is 1.57. The molecule has 0 amide bonds. The first-order valence-corrected chi connectivity index (χ1v) is 10.1. The van der Waals surface area contributed by atoms with E-state index in [1.165, 1.54) is 11.4 Å². The highest BCUT2D eigenvalue weighted by molar-refractivity contribution is 8.06. The van der Waals surface area contributed by atoms with Gasteiger partial charge in [0.15, 0.2) is 0 Å². The van der Waals surface area contributed by atoms with Crippen molar-refractivity contribution >= 4 is 50.9 Å². The molecule has 1 atom stereocenters. The molecule has 2 rings (SSSR count). The summed E-state index contributed by atoms with van der Waals surface area (Å²) >= 11 is 4.51. The summed E-state index contributed by atoms with van der Waals surface area (Å²) < 4.78 is 26.5. The molecule has 0 spiro atoms. The summed E-state index contributed by atoms with van der Waals surface area (Å²) in [7, 11) is -3.60. The number of aromatic carboxylic acids is 1. The van der Waals surface area contributed by atoms with Crippen LogP contribution in [-0.2, 0) is 10.0 Å². The van der Waals surface area contributed by atoms with Crippen LogP contribution >= 0.6 is 34.9 Å². The second-order valence-electron chi connectivity index (χ2n) is 3.87. The molecule has 0 aromatic carbocycles.